The van der Waals surface area contributed by atoms with E-state index >= 15 is 0 Å². The van der Waals surface area contributed by atoms with Crippen LogP contribution in [0.15, 0.2) is 22.9 Å². The molecule has 2 heterocycles. The fraction of sp³-hybridized carbons (Fsp3) is 0.385. The molecule has 0 aliphatic carbocycles. The number of amides is 1. The van der Waals surface area contributed by atoms with Gasteiger partial charge >= 0.3 is 0 Å². The lowest BCUT2D eigenvalue weighted by molar-refractivity contribution is 0.0764. The Balaban J connectivity index is 2.04. The Kier molecular flexibility index (Phi) is 4.68. The van der Waals surface area contributed by atoms with Crippen LogP contribution in [0.3, 0.4) is 0 Å². The summed E-state index contributed by atoms with van der Waals surface area (Å²) in [6, 6.07) is 3.96. The molecule has 0 radical (unpaired) electrons. The van der Waals surface area contributed by atoms with Crippen LogP contribution >= 0.6 is 22.7 Å². The lowest BCUT2D eigenvalue weighted by Gasteiger charge is -2.16. The van der Waals surface area contributed by atoms with E-state index < -0.39 is 6.10 Å². The van der Waals surface area contributed by atoms with Gasteiger partial charge in [-0.3, -0.25) is 4.79 Å². The van der Waals surface area contributed by atoms with Gasteiger partial charge in [-0.2, -0.15) is 0 Å². The topological polar surface area (TPSA) is 53.4 Å². The van der Waals surface area contributed by atoms with Crippen LogP contribution in [0.2, 0.25) is 0 Å². The SMILES string of the molecule is CC(O)CCN(C)C(=O)c1csc(-c2cccs2)n1. The molecular formula is C13H16N2O2S2. The Bertz CT molecular complexity index is 535. The second kappa shape index (κ2) is 6.27. The first-order valence-corrected chi connectivity index (χ1v) is 7.77. The largest absolute Gasteiger partial charge is 0.393 e. The van der Waals surface area contributed by atoms with Gasteiger partial charge in [-0.25, -0.2) is 4.98 Å². The van der Waals surface area contributed by atoms with Crippen molar-refractivity contribution in [3.05, 3.63) is 28.6 Å². The van der Waals surface area contributed by atoms with Crippen LogP contribution in [-0.4, -0.2) is 40.6 Å². The molecule has 2 rings (SSSR count). The molecule has 4 nitrogen and oxygen atoms in total. The minimum absolute atomic E-state index is 0.0975. The quantitative estimate of drug-likeness (QED) is 0.923. The molecule has 19 heavy (non-hydrogen) atoms. The highest BCUT2D eigenvalue weighted by atomic mass is 32.1. The number of thiophene rings is 1. The van der Waals surface area contributed by atoms with Gasteiger partial charge in [-0.05, 0) is 24.8 Å². The summed E-state index contributed by atoms with van der Waals surface area (Å²) < 4.78 is 0. The molecule has 1 unspecified atom stereocenters. The number of carbonyl (C=O) groups excluding carboxylic acids is 1. The molecule has 1 amide bonds. The van der Waals surface area contributed by atoms with Crippen molar-refractivity contribution in [2.45, 2.75) is 19.4 Å². The predicted molar refractivity (Wildman–Crippen MR) is 78.7 cm³/mol. The van der Waals surface area contributed by atoms with Crippen molar-refractivity contribution in [1.82, 2.24) is 9.88 Å². The van der Waals surface area contributed by atoms with Crippen LogP contribution in [0.1, 0.15) is 23.8 Å². The monoisotopic (exact) mass is 296 g/mol. The van der Waals surface area contributed by atoms with Crippen LogP contribution < -0.4 is 0 Å². The molecule has 2 aromatic heterocycles. The summed E-state index contributed by atoms with van der Waals surface area (Å²) in [6.45, 7) is 2.25. The van der Waals surface area contributed by atoms with Gasteiger partial charge in [0.15, 0.2) is 0 Å². The maximum Gasteiger partial charge on any atom is 0.273 e. The van der Waals surface area contributed by atoms with Crippen molar-refractivity contribution in [2.75, 3.05) is 13.6 Å². The van der Waals surface area contributed by atoms with Gasteiger partial charge in [-0.1, -0.05) is 6.07 Å². The fourth-order valence-electron chi connectivity index (χ4n) is 1.56. The maximum atomic E-state index is 12.1. The lowest BCUT2D eigenvalue weighted by atomic mass is 10.2. The number of thiazole rings is 1. The molecule has 0 aliphatic rings. The number of hydrogen-bond donors (Lipinski definition) is 1. The number of carbonyl (C=O) groups is 1. The molecule has 0 aromatic carbocycles. The molecule has 2 aromatic rings. The standard InChI is InChI=1S/C13H16N2O2S2/c1-9(16)5-6-15(2)13(17)10-8-19-12(14-10)11-4-3-7-18-11/h3-4,7-9,16H,5-6H2,1-2H3. The van der Waals surface area contributed by atoms with Crippen molar-refractivity contribution in [2.24, 2.45) is 0 Å². The van der Waals surface area contributed by atoms with Crippen molar-refractivity contribution < 1.29 is 9.90 Å². The van der Waals surface area contributed by atoms with E-state index in [-0.39, 0.29) is 5.91 Å². The summed E-state index contributed by atoms with van der Waals surface area (Å²) in [7, 11) is 1.73. The van der Waals surface area contributed by atoms with Crippen LogP contribution in [0.4, 0.5) is 0 Å². The molecule has 0 saturated heterocycles. The van der Waals surface area contributed by atoms with Crippen molar-refractivity contribution in [3.63, 3.8) is 0 Å². The summed E-state index contributed by atoms with van der Waals surface area (Å²) >= 11 is 3.09. The average molecular weight is 296 g/mol. The summed E-state index contributed by atoms with van der Waals surface area (Å²) in [5, 5.41) is 13.9. The Hall–Kier alpha value is -1.24. The van der Waals surface area contributed by atoms with E-state index in [4.69, 9.17) is 0 Å². The number of aromatic nitrogens is 1. The zero-order valence-corrected chi connectivity index (χ0v) is 12.5. The molecule has 0 aliphatic heterocycles. The highest BCUT2D eigenvalue weighted by Crippen LogP contribution is 2.28. The van der Waals surface area contributed by atoms with Crippen LogP contribution in [0.25, 0.3) is 9.88 Å². The van der Waals surface area contributed by atoms with Crippen LogP contribution in [0, 0.1) is 0 Å². The summed E-state index contributed by atoms with van der Waals surface area (Å²) in [5.41, 5.74) is 0.474. The van der Waals surface area contributed by atoms with E-state index in [2.05, 4.69) is 4.98 Å². The summed E-state index contributed by atoms with van der Waals surface area (Å²) in [6.07, 6.45) is 0.178. The first kappa shape index (κ1) is 14.2. The van der Waals surface area contributed by atoms with Gasteiger partial charge in [0.25, 0.3) is 5.91 Å². The smallest absolute Gasteiger partial charge is 0.273 e. The molecule has 6 heteroatoms. The third kappa shape index (κ3) is 3.62. The second-order valence-corrected chi connectivity index (χ2v) is 6.19. The fourth-order valence-corrected chi connectivity index (χ4v) is 3.17. The van der Waals surface area contributed by atoms with E-state index in [1.54, 1.807) is 35.6 Å². The molecule has 0 spiro atoms. The number of hydrogen-bond acceptors (Lipinski definition) is 5. The minimum Gasteiger partial charge on any atom is -0.393 e. The molecule has 102 valence electrons. The van der Waals surface area contributed by atoms with Crippen molar-refractivity contribution >= 4 is 28.6 Å². The van der Waals surface area contributed by atoms with E-state index in [0.717, 1.165) is 9.88 Å². The van der Waals surface area contributed by atoms with E-state index in [0.29, 0.717) is 18.7 Å². The third-order valence-electron chi connectivity index (χ3n) is 2.68. The lowest BCUT2D eigenvalue weighted by Crippen LogP contribution is -2.29. The molecule has 0 saturated carbocycles. The van der Waals surface area contributed by atoms with Gasteiger partial charge in [0, 0.05) is 19.0 Å². The van der Waals surface area contributed by atoms with Crippen LogP contribution in [-0.2, 0) is 0 Å². The second-order valence-electron chi connectivity index (χ2n) is 4.38. The highest BCUT2D eigenvalue weighted by Gasteiger charge is 2.16. The molecule has 1 atom stereocenters. The molecule has 1 N–H and O–H groups in total. The zero-order valence-electron chi connectivity index (χ0n) is 10.9. The number of aliphatic hydroxyl groups excluding tert-OH is 1. The van der Waals surface area contributed by atoms with Gasteiger partial charge in [0.1, 0.15) is 10.7 Å². The number of nitrogens with zero attached hydrogens (tertiary/aromatic N) is 2. The van der Waals surface area contributed by atoms with E-state index in [1.165, 1.54) is 11.3 Å². The van der Waals surface area contributed by atoms with Gasteiger partial charge in [0.05, 0.1) is 11.0 Å². The number of aliphatic hydroxyl groups is 1. The van der Waals surface area contributed by atoms with Gasteiger partial charge < -0.3 is 10.0 Å². The molecule has 0 bridgehead atoms. The Morgan fingerprint density at radius 2 is 2.32 bits per heavy atom. The molecular weight excluding hydrogens is 280 g/mol. The zero-order chi connectivity index (χ0) is 13.8. The number of rotatable bonds is 5. The first-order valence-electron chi connectivity index (χ1n) is 6.01. The first-order chi connectivity index (χ1) is 9.08. The van der Waals surface area contributed by atoms with E-state index in [9.17, 15) is 9.90 Å². The highest BCUT2D eigenvalue weighted by molar-refractivity contribution is 7.20. The Labute approximate surface area is 120 Å². The van der Waals surface area contributed by atoms with Crippen LogP contribution in [0.5, 0.6) is 0 Å². The Morgan fingerprint density at radius 3 is 2.95 bits per heavy atom. The Morgan fingerprint density at radius 1 is 1.53 bits per heavy atom. The van der Waals surface area contributed by atoms with Crippen molar-refractivity contribution in [3.8, 4) is 9.88 Å². The van der Waals surface area contributed by atoms with Crippen molar-refractivity contribution in [1.29, 1.82) is 0 Å². The minimum atomic E-state index is -0.396. The predicted octanol–water partition coefficient (Wildman–Crippen LogP) is 2.71. The summed E-state index contributed by atoms with van der Waals surface area (Å²) in [4.78, 5) is 19.2. The average Bonchev–Trinajstić information content (AvgIpc) is 3.04. The third-order valence-corrected chi connectivity index (χ3v) is 4.57. The van der Waals surface area contributed by atoms with Gasteiger partial charge in [0.2, 0.25) is 0 Å². The maximum absolute atomic E-state index is 12.1. The molecule has 0 fully saturated rings. The van der Waals surface area contributed by atoms with E-state index in [1.807, 2.05) is 17.5 Å². The normalized spacial score (nSPS) is 12.4. The summed E-state index contributed by atoms with van der Waals surface area (Å²) in [5.74, 6) is -0.0975. The van der Waals surface area contributed by atoms with Gasteiger partial charge in [-0.15, -0.1) is 22.7 Å².